The summed E-state index contributed by atoms with van der Waals surface area (Å²) in [5.41, 5.74) is 0. The Morgan fingerprint density at radius 1 is 1.24 bits per heavy atom. The highest BCUT2D eigenvalue weighted by molar-refractivity contribution is 4.84. The molecule has 0 heterocycles. The van der Waals surface area contributed by atoms with Crippen LogP contribution in [0.25, 0.3) is 0 Å². The van der Waals surface area contributed by atoms with Gasteiger partial charge in [0.15, 0.2) is 0 Å². The van der Waals surface area contributed by atoms with E-state index in [1.807, 2.05) is 0 Å². The van der Waals surface area contributed by atoms with Crippen LogP contribution in [0, 0.1) is 5.92 Å². The summed E-state index contributed by atoms with van der Waals surface area (Å²) in [4.78, 5) is 2.82. The lowest BCUT2D eigenvalue weighted by atomic mass is 10.0. The Balaban J connectivity index is 2.62. The minimum atomic E-state index is 0.746. The molecule has 1 saturated carbocycles. The van der Waals surface area contributed by atoms with Gasteiger partial charge >= 0.3 is 0 Å². The van der Waals surface area contributed by atoms with E-state index in [9.17, 15) is 0 Å². The van der Waals surface area contributed by atoms with Crippen molar-refractivity contribution in [2.75, 3.05) is 20.1 Å². The van der Waals surface area contributed by atoms with Crippen LogP contribution in [0.3, 0.4) is 0 Å². The second kappa shape index (κ2) is 8.10. The topological polar surface area (TPSA) is 15.3 Å². The Hall–Kier alpha value is -0.0800. The number of nitrogens with zero attached hydrogens (tertiary/aromatic N) is 1. The number of nitrogens with one attached hydrogen (secondary N) is 1. The van der Waals surface area contributed by atoms with Crippen molar-refractivity contribution in [3.05, 3.63) is 0 Å². The van der Waals surface area contributed by atoms with E-state index in [2.05, 4.69) is 38.0 Å². The van der Waals surface area contributed by atoms with Gasteiger partial charge in [0.1, 0.15) is 0 Å². The molecule has 0 radical (unpaired) electrons. The lowest BCUT2D eigenvalue weighted by Gasteiger charge is -2.37. The predicted octanol–water partition coefficient (Wildman–Crippen LogP) is 3.28. The molecule has 1 N–H and O–H groups in total. The first-order chi connectivity index (χ1) is 8.19. The molecule has 1 rings (SSSR count). The Morgan fingerprint density at radius 3 is 2.35 bits per heavy atom. The largest absolute Gasteiger partial charge is 0.318 e. The third-order valence-corrected chi connectivity index (χ3v) is 3.90. The average molecular weight is 240 g/mol. The van der Waals surface area contributed by atoms with Crippen LogP contribution < -0.4 is 5.32 Å². The van der Waals surface area contributed by atoms with Crippen molar-refractivity contribution < 1.29 is 0 Å². The Bertz CT molecular complexity index is 179. The molecule has 1 aliphatic rings. The molecule has 17 heavy (non-hydrogen) atoms. The lowest BCUT2D eigenvalue weighted by Crippen LogP contribution is -2.48. The summed E-state index contributed by atoms with van der Waals surface area (Å²) in [6, 6.07) is 1.61. The normalized spacial score (nSPS) is 19.4. The standard InChI is InChI=1S/C15H32N2/c1-5-8-15(11-16-4)17(12-13(2)3)14-9-6-7-10-14/h13-16H,5-12H2,1-4H3. The van der Waals surface area contributed by atoms with E-state index < -0.39 is 0 Å². The zero-order valence-electron chi connectivity index (χ0n) is 12.3. The first-order valence-electron chi connectivity index (χ1n) is 7.59. The van der Waals surface area contributed by atoms with Crippen LogP contribution in [0.5, 0.6) is 0 Å². The van der Waals surface area contributed by atoms with Crippen molar-refractivity contribution in [1.82, 2.24) is 10.2 Å². The molecule has 0 aliphatic heterocycles. The highest BCUT2D eigenvalue weighted by Gasteiger charge is 2.28. The van der Waals surface area contributed by atoms with Crippen molar-refractivity contribution in [1.29, 1.82) is 0 Å². The molecule has 1 fully saturated rings. The van der Waals surface area contributed by atoms with Gasteiger partial charge < -0.3 is 5.32 Å². The molecule has 0 saturated heterocycles. The smallest absolute Gasteiger partial charge is 0.0223 e. The molecule has 0 aromatic carbocycles. The lowest BCUT2D eigenvalue weighted by molar-refractivity contribution is 0.111. The van der Waals surface area contributed by atoms with E-state index >= 15 is 0 Å². The van der Waals surface area contributed by atoms with Gasteiger partial charge in [-0.05, 0) is 32.2 Å². The van der Waals surface area contributed by atoms with Gasteiger partial charge in [-0.25, -0.2) is 0 Å². The molecule has 1 atom stereocenters. The second-order valence-corrected chi connectivity index (χ2v) is 6.03. The third-order valence-electron chi connectivity index (χ3n) is 3.90. The van der Waals surface area contributed by atoms with Crippen molar-refractivity contribution in [2.45, 2.75) is 71.4 Å². The van der Waals surface area contributed by atoms with E-state index in [0.29, 0.717) is 0 Å². The van der Waals surface area contributed by atoms with Crippen LogP contribution in [0.1, 0.15) is 59.3 Å². The molecule has 0 spiro atoms. The summed E-state index contributed by atoms with van der Waals surface area (Å²) in [7, 11) is 2.09. The number of likely N-dealkylation sites (N-methyl/N-ethyl adjacent to an activating group) is 1. The van der Waals surface area contributed by atoms with Gasteiger partial charge in [-0.15, -0.1) is 0 Å². The zero-order valence-corrected chi connectivity index (χ0v) is 12.3. The highest BCUT2D eigenvalue weighted by Crippen LogP contribution is 2.27. The maximum Gasteiger partial charge on any atom is 0.0223 e. The van der Waals surface area contributed by atoms with Gasteiger partial charge in [-0.3, -0.25) is 4.90 Å². The predicted molar refractivity (Wildman–Crippen MR) is 76.4 cm³/mol. The van der Waals surface area contributed by atoms with Gasteiger partial charge in [0.2, 0.25) is 0 Å². The minimum Gasteiger partial charge on any atom is -0.318 e. The molecule has 102 valence electrons. The molecular weight excluding hydrogens is 208 g/mol. The van der Waals surface area contributed by atoms with Gasteiger partial charge in [-0.2, -0.15) is 0 Å². The molecule has 0 aromatic heterocycles. The summed E-state index contributed by atoms with van der Waals surface area (Å²) < 4.78 is 0. The Morgan fingerprint density at radius 2 is 1.88 bits per heavy atom. The minimum absolute atomic E-state index is 0.746. The SMILES string of the molecule is CCCC(CNC)N(CC(C)C)C1CCCC1. The van der Waals surface area contributed by atoms with Crippen molar-refractivity contribution in [3.8, 4) is 0 Å². The van der Waals surface area contributed by atoms with Crippen molar-refractivity contribution in [2.24, 2.45) is 5.92 Å². The second-order valence-electron chi connectivity index (χ2n) is 6.03. The first kappa shape index (κ1) is 15.0. The summed E-state index contributed by atoms with van der Waals surface area (Å²) in [5.74, 6) is 0.784. The van der Waals surface area contributed by atoms with E-state index in [4.69, 9.17) is 0 Å². The maximum atomic E-state index is 3.39. The molecular formula is C15H32N2. The molecule has 2 heteroatoms. The van der Waals surface area contributed by atoms with Gasteiger partial charge in [0, 0.05) is 25.2 Å². The number of hydrogen-bond acceptors (Lipinski definition) is 2. The van der Waals surface area contributed by atoms with E-state index in [0.717, 1.165) is 24.5 Å². The van der Waals surface area contributed by atoms with Crippen LogP contribution in [0.15, 0.2) is 0 Å². The Kier molecular flexibility index (Phi) is 7.14. The Labute approximate surface area is 108 Å². The fourth-order valence-corrected chi connectivity index (χ4v) is 3.21. The van der Waals surface area contributed by atoms with E-state index in [-0.39, 0.29) is 0 Å². The van der Waals surface area contributed by atoms with Gasteiger partial charge in [0.05, 0.1) is 0 Å². The van der Waals surface area contributed by atoms with Gasteiger partial charge in [-0.1, -0.05) is 40.0 Å². The van der Waals surface area contributed by atoms with Crippen LogP contribution in [-0.2, 0) is 0 Å². The molecule has 0 amide bonds. The van der Waals surface area contributed by atoms with E-state index in [1.165, 1.54) is 45.1 Å². The van der Waals surface area contributed by atoms with Crippen LogP contribution >= 0.6 is 0 Å². The molecule has 0 bridgehead atoms. The monoisotopic (exact) mass is 240 g/mol. The zero-order chi connectivity index (χ0) is 12.7. The average Bonchev–Trinajstić information content (AvgIpc) is 2.78. The summed E-state index contributed by atoms with van der Waals surface area (Å²) >= 11 is 0. The van der Waals surface area contributed by atoms with Crippen molar-refractivity contribution in [3.63, 3.8) is 0 Å². The van der Waals surface area contributed by atoms with Crippen molar-refractivity contribution >= 4 is 0 Å². The number of hydrogen-bond donors (Lipinski definition) is 1. The van der Waals surface area contributed by atoms with Gasteiger partial charge in [0.25, 0.3) is 0 Å². The molecule has 1 aliphatic carbocycles. The third kappa shape index (κ3) is 4.97. The summed E-state index contributed by atoms with van der Waals surface area (Å²) in [5, 5.41) is 3.39. The molecule has 1 unspecified atom stereocenters. The molecule has 2 nitrogen and oxygen atoms in total. The number of rotatable bonds is 8. The fourth-order valence-electron chi connectivity index (χ4n) is 3.21. The van der Waals surface area contributed by atoms with Crippen LogP contribution in [0.4, 0.5) is 0 Å². The van der Waals surface area contributed by atoms with E-state index in [1.54, 1.807) is 0 Å². The van der Waals surface area contributed by atoms with Crippen LogP contribution in [-0.4, -0.2) is 37.1 Å². The fraction of sp³-hybridized carbons (Fsp3) is 1.00. The van der Waals surface area contributed by atoms with Crippen LogP contribution in [0.2, 0.25) is 0 Å². The summed E-state index contributed by atoms with van der Waals surface area (Å²) in [6.07, 6.45) is 8.38. The maximum absolute atomic E-state index is 3.39. The summed E-state index contributed by atoms with van der Waals surface area (Å²) in [6.45, 7) is 9.44. The first-order valence-corrected chi connectivity index (χ1v) is 7.59. The quantitative estimate of drug-likeness (QED) is 0.700. The molecule has 0 aromatic rings. The highest BCUT2D eigenvalue weighted by atomic mass is 15.2.